The first kappa shape index (κ1) is 17.1. The van der Waals surface area contributed by atoms with Gasteiger partial charge in [0.1, 0.15) is 0 Å². The third kappa shape index (κ3) is 3.32. The van der Waals surface area contributed by atoms with Crippen LogP contribution in [0.15, 0.2) is 64.8 Å². The zero-order valence-corrected chi connectivity index (χ0v) is 15.9. The van der Waals surface area contributed by atoms with Gasteiger partial charge in [0, 0.05) is 24.7 Å². The smallest absolute Gasteiger partial charge is 0.0802 e. The predicted molar refractivity (Wildman–Crippen MR) is 109 cm³/mol. The molecule has 6 heteroatoms. The predicted octanol–water partition coefficient (Wildman–Crippen LogP) is 2.97. The van der Waals surface area contributed by atoms with E-state index in [1.165, 1.54) is 0 Å². The van der Waals surface area contributed by atoms with E-state index in [1.54, 1.807) is 6.21 Å². The second-order valence-electron chi connectivity index (χ2n) is 7.80. The summed E-state index contributed by atoms with van der Waals surface area (Å²) in [6.07, 6.45) is 1.81. The highest BCUT2D eigenvalue weighted by Gasteiger charge is 2.51. The SMILES string of the molecule is Clc1ccc(/C=N\N=C(/c2ccccc2)C23CN4CN(CN(C4)C2)C3)cc1. The molecule has 27 heavy (non-hydrogen) atoms. The Labute approximate surface area is 164 Å². The summed E-state index contributed by atoms with van der Waals surface area (Å²) in [5, 5.41) is 9.97. The van der Waals surface area contributed by atoms with E-state index in [9.17, 15) is 0 Å². The monoisotopic (exact) mass is 379 g/mol. The van der Waals surface area contributed by atoms with Crippen molar-refractivity contribution in [3.8, 4) is 0 Å². The Morgan fingerprint density at radius 3 is 2.04 bits per heavy atom. The molecule has 4 aliphatic heterocycles. The van der Waals surface area contributed by atoms with Crippen molar-refractivity contribution in [1.82, 2.24) is 14.7 Å². The average molecular weight is 380 g/mol. The molecule has 0 radical (unpaired) electrons. The number of hydrogen-bond donors (Lipinski definition) is 0. The zero-order valence-electron chi connectivity index (χ0n) is 15.1. The van der Waals surface area contributed by atoms with Gasteiger partial charge in [-0.1, -0.05) is 54.1 Å². The van der Waals surface area contributed by atoms with Crippen LogP contribution in [0.25, 0.3) is 0 Å². The fraction of sp³-hybridized carbons (Fsp3) is 0.333. The van der Waals surface area contributed by atoms with E-state index < -0.39 is 0 Å². The van der Waals surface area contributed by atoms with Gasteiger partial charge < -0.3 is 0 Å². The summed E-state index contributed by atoms with van der Waals surface area (Å²) in [4.78, 5) is 7.54. The second kappa shape index (κ2) is 6.84. The molecule has 4 aliphatic rings. The van der Waals surface area contributed by atoms with E-state index >= 15 is 0 Å². The van der Waals surface area contributed by atoms with Gasteiger partial charge in [0.25, 0.3) is 0 Å². The summed E-state index contributed by atoms with van der Waals surface area (Å²) < 4.78 is 0. The topological polar surface area (TPSA) is 34.4 Å². The molecular formula is C21H22ClN5. The van der Waals surface area contributed by atoms with E-state index in [0.717, 1.165) is 61.5 Å². The highest BCUT2D eigenvalue weighted by Crippen LogP contribution is 2.38. The van der Waals surface area contributed by atoms with Crippen LogP contribution in [0.5, 0.6) is 0 Å². The van der Waals surface area contributed by atoms with Crippen LogP contribution in [-0.2, 0) is 0 Å². The zero-order chi connectivity index (χ0) is 18.3. The highest BCUT2D eigenvalue weighted by atomic mass is 35.5. The molecular weight excluding hydrogens is 358 g/mol. The van der Waals surface area contributed by atoms with Crippen LogP contribution in [0, 0.1) is 5.41 Å². The van der Waals surface area contributed by atoms with Crippen LogP contribution in [0.4, 0.5) is 0 Å². The van der Waals surface area contributed by atoms with Crippen molar-refractivity contribution in [2.24, 2.45) is 15.6 Å². The van der Waals surface area contributed by atoms with Crippen molar-refractivity contribution < 1.29 is 0 Å². The van der Waals surface area contributed by atoms with Gasteiger partial charge in [-0.25, -0.2) is 0 Å². The Kier molecular flexibility index (Phi) is 4.32. The van der Waals surface area contributed by atoms with E-state index in [2.05, 4.69) is 44.1 Å². The molecule has 0 atom stereocenters. The first-order valence-electron chi connectivity index (χ1n) is 9.30. The maximum absolute atomic E-state index is 5.97. The first-order chi connectivity index (χ1) is 13.2. The Morgan fingerprint density at radius 1 is 0.852 bits per heavy atom. The van der Waals surface area contributed by atoms with Crippen molar-refractivity contribution >= 4 is 23.5 Å². The summed E-state index contributed by atoms with van der Waals surface area (Å²) >= 11 is 5.97. The highest BCUT2D eigenvalue weighted by molar-refractivity contribution is 6.30. The second-order valence-corrected chi connectivity index (χ2v) is 8.24. The largest absolute Gasteiger partial charge is 0.276 e. The molecule has 0 amide bonds. The maximum atomic E-state index is 5.97. The summed E-state index contributed by atoms with van der Waals surface area (Å²) in [6.45, 7) is 6.33. The maximum Gasteiger partial charge on any atom is 0.0802 e. The summed E-state index contributed by atoms with van der Waals surface area (Å²) in [7, 11) is 0. The molecule has 5 nitrogen and oxygen atoms in total. The lowest BCUT2D eigenvalue weighted by atomic mass is 9.74. The minimum absolute atomic E-state index is 0.00738. The summed E-state index contributed by atoms with van der Waals surface area (Å²) in [5.74, 6) is 0. The number of nitrogens with zero attached hydrogens (tertiary/aromatic N) is 5. The molecule has 0 aromatic heterocycles. The molecule has 6 rings (SSSR count). The van der Waals surface area contributed by atoms with E-state index in [1.807, 2.05) is 30.3 Å². The van der Waals surface area contributed by atoms with Crippen LogP contribution in [0.2, 0.25) is 5.02 Å². The molecule has 0 spiro atoms. The lowest BCUT2D eigenvalue weighted by molar-refractivity contribution is -0.149. The quantitative estimate of drug-likeness (QED) is 0.605. The van der Waals surface area contributed by atoms with E-state index in [4.69, 9.17) is 16.7 Å². The minimum atomic E-state index is 0.00738. The molecule has 0 unspecified atom stereocenters. The summed E-state index contributed by atoms with van der Waals surface area (Å²) in [6, 6.07) is 18.2. The lowest BCUT2D eigenvalue weighted by Gasteiger charge is -2.60. The molecule has 2 aromatic carbocycles. The fourth-order valence-electron chi connectivity index (χ4n) is 4.71. The number of benzene rings is 2. The lowest BCUT2D eigenvalue weighted by Crippen LogP contribution is -2.74. The summed E-state index contributed by atoms with van der Waals surface area (Å²) in [5.41, 5.74) is 3.26. The Hall–Kier alpha value is -2.05. The third-order valence-electron chi connectivity index (χ3n) is 5.56. The van der Waals surface area contributed by atoms with Crippen LogP contribution < -0.4 is 0 Å². The Bertz CT molecular complexity index is 840. The molecule has 4 heterocycles. The molecule has 0 saturated carbocycles. The normalized spacial score (nSPS) is 32.3. The fourth-order valence-corrected chi connectivity index (χ4v) is 4.84. The van der Waals surface area contributed by atoms with Gasteiger partial charge >= 0.3 is 0 Å². The first-order valence-corrected chi connectivity index (χ1v) is 9.68. The molecule has 138 valence electrons. The molecule has 4 saturated heterocycles. The van der Waals surface area contributed by atoms with E-state index in [-0.39, 0.29) is 5.41 Å². The van der Waals surface area contributed by atoms with Crippen LogP contribution in [0.1, 0.15) is 11.1 Å². The number of halogens is 1. The average Bonchev–Trinajstić information content (AvgIpc) is 2.66. The van der Waals surface area contributed by atoms with Crippen molar-refractivity contribution in [3.05, 3.63) is 70.7 Å². The molecule has 2 aromatic rings. The Balaban J connectivity index is 1.51. The number of rotatable bonds is 4. The van der Waals surface area contributed by atoms with Gasteiger partial charge in [-0.2, -0.15) is 10.2 Å². The van der Waals surface area contributed by atoms with Gasteiger partial charge in [0.05, 0.1) is 37.3 Å². The molecule has 4 bridgehead atoms. The van der Waals surface area contributed by atoms with Gasteiger partial charge in [0.2, 0.25) is 0 Å². The van der Waals surface area contributed by atoms with Gasteiger partial charge in [-0.15, -0.1) is 0 Å². The Morgan fingerprint density at radius 2 is 1.44 bits per heavy atom. The van der Waals surface area contributed by atoms with Crippen LogP contribution in [-0.4, -0.2) is 66.3 Å². The van der Waals surface area contributed by atoms with E-state index in [0.29, 0.717) is 0 Å². The standard InChI is InChI=1S/C21H22ClN5/c22-19-8-6-17(7-9-19)10-23-24-20(18-4-2-1-3-5-18)21-11-25-14-26(12-21)16-27(13-21)15-25/h1-10H,11-16H2/b23-10-,24-20+. The van der Waals surface area contributed by atoms with Crippen molar-refractivity contribution in [1.29, 1.82) is 0 Å². The van der Waals surface area contributed by atoms with Crippen molar-refractivity contribution in [3.63, 3.8) is 0 Å². The molecule has 0 N–H and O–H groups in total. The van der Waals surface area contributed by atoms with Gasteiger partial charge in [-0.3, -0.25) is 14.7 Å². The van der Waals surface area contributed by atoms with Crippen molar-refractivity contribution in [2.75, 3.05) is 39.6 Å². The number of hydrogen-bond acceptors (Lipinski definition) is 5. The van der Waals surface area contributed by atoms with Gasteiger partial charge in [-0.05, 0) is 23.3 Å². The van der Waals surface area contributed by atoms with Crippen LogP contribution >= 0.6 is 11.6 Å². The third-order valence-corrected chi connectivity index (χ3v) is 5.81. The molecule has 0 aliphatic carbocycles. The van der Waals surface area contributed by atoms with Crippen molar-refractivity contribution in [2.45, 2.75) is 0 Å². The van der Waals surface area contributed by atoms with Gasteiger partial charge in [0.15, 0.2) is 0 Å². The minimum Gasteiger partial charge on any atom is -0.276 e. The molecule has 4 fully saturated rings. The van der Waals surface area contributed by atoms with Crippen LogP contribution in [0.3, 0.4) is 0 Å².